The molecule has 0 spiro atoms. The highest BCUT2D eigenvalue weighted by molar-refractivity contribution is 14.1. The molecule has 0 atom stereocenters. The van der Waals surface area contributed by atoms with E-state index in [1.165, 1.54) is 25.3 Å². The highest BCUT2D eigenvalue weighted by Gasteiger charge is 2.17. The lowest BCUT2D eigenvalue weighted by atomic mass is 10.0. The van der Waals surface area contributed by atoms with Crippen molar-refractivity contribution in [3.8, 4) is 16.9 Å². The minimum Gasteiger partial charge on any atom is -0.506 e. The summed E-state index contributed by atoms with van der Waals surface area (Å²) in [5.74, 6) is -2.40. The first-order chi connectivity index (χ1) is 9.43. The zero-order valence-corrected chi connectivity index (χ0v) is 12.4. The van der Waals surface area contributed by atoms with E-state index in [9.17, 15) is 18.7 Å². The summed E-state index contributed by atoms with van der Waals surface area (Å²) in [7, 11) is 1.18. The largest absolute Gasteiger partial charge is 0.506 e. The number of halogens is 3. The molecule has 2 aromatic carbocycles. The fourth-order valence-corrected chi connectivity index (χ4v) is 2.37. The van der Waals surface area contributed by atoms with Gasteiger partial charge in [-0.15, -0.1) is 0 Å². The third-order valence-corrected chi connectivity index (χ3v) is 3.53. The maximum atomic E-state index is 13.8. The second-order valence-electron chi connectivity index (χ2n) is 3.97. The average molecular weight is 390 g/mol. The van der Waals surface area contributed by atoms with E-state index in [-0.39, 0.29) is 16.9 Å². The number of phenolic OH excluding ortho intramolecular Hbond substituents is 1. The van der Waals surface area contributed by atoms with Gasteiger partial charge in [-0.2, -0.15) is 0 Å². The van der Waals surface area contributed by atoms with Crippen molar-refractivity contribution in [2.45, 2.75) is 0 Å². The van der Waals surface area contributed by atoms with E-state index in [1.54, 1.807) is 0 Å². The Balaban J connectivity index is 2.63. The molecule has 0 saturated heterocycles. The van der Waals surface area contributed by atoms with Crippen LogP contribution >= 0.6 is 22.6 Å². The topological polar surface area (TPSA) is 46.5 Å². The minimum absolute atomic E-state index is 0.0712. The van der Waals surface area contributed by atoms with Gasteiger partial charge < -0.3 is 9.84 Å². The minimum atomic E-state index is -0.748. The first kappa shape index (κ1) is 14.7. The molecule has 2 aromatic rings. The molecule has 104 valence electrons. The van der Waals surface area contributed by atoms with Gasteiger partial charge in [0.15, 0.2) is 0 Å². The summed E-state index contributed by atoms with van der Waals surface area (Å²) in [5, 5.41) is 9.82. The number of phenols is 1. The summed E-state index contributed by atoms with van der Waals surface area (Å²) in [4.78, 5) is 11.6. The van der Waals surface area contributed by atoms with Crippen LogP contribution in [-0.2, 0) is 4.74 Å². The third-order valence-electron chi connectivity index (χ3n) is 2.71. The highest BCUT2D eigenvalue weighted by atomic mass is 127. The zero-order chi connectivity index (χ0) is 14.9. The van der Waals surface area contributed by atoms with Crippen molar-refractivity contribution in [1.29, 1.82) is 0 Å². The van der Waals surface area contributed by atoms with E-state index in [0.717, 1.165) is 12.1 Å². The van der Waals surface area contributed by atoms with Crippen LogP contribution in [0.4, 0.5) is 8.78 Å². The van der Waals surface area contributed by atoms with E-state index < -0.39 is 17.6 Å². The Morgan fingerprint density at radius 2 is 1.95 bits per heavy atom. The van der Waals surface area contributed by atoms with Gasteiger partial charge in [0.05, 0.1) is 10.7 Å². The fourth-order valence-electron chi connectivity index (χ4n) is 1.74. The number of carbonyl (C=O) groups is 1. The number of carbonyl (C=O) groups excluding carboxylic acids is 1. The summed E-state index contributed by atoms with van der Waals surface area (Å²) in [6.45, 7) is 0. The van der Waals surface area contributed by atoms with Crippen molar-refractivity contribution in [1.82, 2.24) is 0 Å². The molecule has 0 aliphatic carbocycles. The molecular weight excluding hydrogens is 381 g/mol. The van der Waals surface area contributed by atoms with Gasteiger partial charge in [-0.1, -0.05) is 0 Å². The number of hydrogen-bond acceptors (Lipinski definition) is 3. The zero-order valence-electron chi connectivity index (χ0n) is 10.3. The van der Waals surface area contributed by atoms with Crippen LogP contribution in [0.25, 0.3) is 11.1 Å². The van der Waals surface area contributed by atoms with Crippen molar-refractivity contribution < 1.29 is 23.4 Å². The lowest BCUT2D eigenvalue weighted by Crippen LogP contribution is -2.03. The second-order valence-corrected chi connectivity index (χ2v) is 5.13. The molecule has 0 saturated carbocycles. The van der Waals surface area contributed by atoms with Crippen molar-refractivity contribution in [2.24, 2.45) is 0 Å². The summed E-state index contributed by atoms with van der Waals surface area (Å²) in [6, 6.07) is 5.95. The smallest absolute Gasteiger partial charge is 0.341 e. The molecule has 0 aromatic heterocycles. The van der Waals surface area contributed by atoms with Crippen LogP contribution in [0.3, 0.4) is 0 Å². The number of rotatable bonds is 2. The first-order valence-corrected chi connectivity index (χ1v) is 6.58. The quantitative estimate of drug-likeness (QED) is 0.628. The maximum absolute atomic E-state index is 13.8. The van der Waals surface area contributed by atoms with Gasteiger partial charge in [-0.3, -0.25) is 0 Å². The molecule has 0 radical (unpaired) electrons. The Morgan fingerprint density at radius 3 is 2.55 bits per heavy atom. The van der Waals surface area contributed by atoms with Crippen LogP contribution in [0.1, 0.15) is 10.4 Å². The lowest BCUT2D eigenvalue weighted by Gasteiger charge is -2.09. The molecule has 0 heterocycles. The summed E-state index contributed by atoms with van der Waals surface area (Å²) in [6.07, 6.45) is 0. The van der Waals surface area contributed by atoms with Gasteiger partial charge >= 0.3 is 5.97 Å². The standard InChI is InChI=1S/C14H9F2IO3/c1-20-14(19)10-4-7(5-12(17)13(10)18)9-3-2-8(15)6-11(9)16/h2-6,18H,1H3. The monoisotopic (exact) mass is 390 g/mol. The molecule has 0 bridgehead atoms. The molecule has 2 rings (SSSR count). The van der Waals surface area contributed by atoms with Crippen LogP contribution in [-0.4, -0.2) is 18.2 Å². The Labute approximate surface area is 127 Å². The van der Waals surface area contributed by atoms with Crippen LogP contribution in [0.2, 0.25) is 0 Å². The van der Waals surface area contributed by atoms with Crippen LogP contribution in [0.15, 0.2) is 30.3 Å². The predicted octanol–water partition coefficient (Wildman–Crippen LogP) is 3.73. The number of ether oxygens (including phenoxy) is 1. The van der Waals surface area contributed by atoms with Gasteiger partial charge in [0.1, 0.15) is 22.9 Å². The normalized spacial score (nSPS) is 10.4. The maximum Gasteiger partial charge on any atom is 0.341 e. The van der Waals surface area contributed by atoms with Crippen molar-refractivity contribution in [3.05, 3.63) is 51.1 Å². The fraction of sp³-hybridized carbons (Fsp3) is 0.0714. The van der Waals surface area contributed by atoms with Crippen LogP contribution in [0.5, 0.6) is 5.75 Å². The SMILES string of the molecule is COC(=O)c1cc(-c2ccc(F)cc2F)cc(I)c1O. The molecule has 0 aliphatic rings. The summed E-state index contributed by atoms with van der Waals surface area (Å²) in [5.41, 5.74) is 0.415. The van der Waals surface area contributed by atoms with Crippen LogP contribution < -0.4 is 0 Å². The number of aromatic hydroxyl groups is 1. The van der Waals surface area contributed by atoms with Crippen LogP contribution in [0, 0.1) is 15.2 Å². The van der Waals surface area contributed by atoms with Crippen molar-refractivity contribution in [2.75, 3.05) is 7.11 Å². The Kier molecular flexibility index (Phi) is 4.22. The number of esters is 1. The molecule has 6 heteroatoms. The van der Waals surface area contributed by atoms with Crippen molar-refractivity contribution >= 4 is 28.6 Å². The van der Waals surface area contributed by atoms with Gasteiger partial charge in [0.25, 0.3) is 0 Å². The van der Waals surface area contributed by atoms with Gasteiger partial charge in [0, 0.05) is 11.6 Å². The van der Waals surface area contributed by atoms with E-state index in [1.807, 2.05) is 22.6 Å². The predicted molar refractivity (Wildman–Crippen MR) is 77.5 cm³/mol. The van der Waals surface area contributed by atoms with E-state index in [4.69, 9.17) is 0 Å². The van der Waals surface area contributed by atoms with Gasteiger partial charge in [-0.25, -0.2) is 13.6 Å². The van der Waals surface area contributed by atoms with Gasteiger partial charge in [-0.05, 0) is 52.4 Å². The average Bonchev–Trinajstić information content (AvgIpc) is 2.41. The molecule has 1 N–H and O–H groups in total. The molecular formula is C14H9F2IO3. The second kappa shape index (κ2) is 5.74. The molecule has 0 aliphatic heterocycles. The Morgan fingerprint density at radius 1 is 1.25 bits per heavy atom. The van der Waals surface area contributed by atoms with Gasteiger partial charge in [0.2, 0.25) is 0 Å². The summed E-state index contributed by atoms with van der Waals surface area (Å²) < 4.78 is 31.6. The van der Waals surface area contributed by atoms with E-state index in [2.05, 4.69) is 4.74 Å². The summed E-state index contributed by atoms with van der Waals surface area (Å²) >= 11 is 1.82. The van der Waals surface area contributed by atoms with E-state index in [0.29, 0.717) is 9.13 Å². The molecule has 0 unspecified atom stereocenters. The molecule has 3 nitrogen and oxygen atoms in total. The molecule has 20 heavy (non-hydrogen) atoms. The number of hydrogen-bond donors (Lipinski definition) is 1. The Bertz CT molecular complexity index is 686. The first-order valence-electron chi connectivity index (χ1n) is 5.50. The third kappa shape index (κ3) is 2.74. The Hall–Kier alpha value is -1.70. The van der Waals surface area contributed by atoms with E-state index >= 15 is 0 Å². The van der Waals surface area contributed by atoms with Crippen molar-refractivity contribution in [3.63, 3.8) is 0 Å². The molecule has 0 amide bonds. The number of methoxy groups -OCH3 is 1. The highest BCUT2D eigenvalue weighted by Crippen LogP contribution is 2.32. The lowest BCUT2D eigenvalue weighted by molar-refractivity contribution is 0.0597. The molecule has 0 fully saturated rings. The number of benzene rings is 2.